The summed E-state index contributed by atoms with van der Waals surface area (Å²) in [6, 6.07) is 17.0. The van der Waals surface area contributed by atoms with Gasteiger partial charge in [-0.15, -0.1) is 0 Å². The van der Waals surface area contributed by atoms with Gasteiger partial charge in [0.15, 0.2) is 0 Å². The molecule has 0 fully saturated rings. The lowest BCUT2D eigenvalue weighted by molar-refractivity contribution is -0.120. The molecule has 1 atom stereocenters. The Balaban J connectivity index is 2.05. The molecule has 0 saturated heterocycles. The first-order valence-corrected chi connectivity index (χ1v) is 9.17. The molecule has 1 aliphatic rings. The molecule has 0 aliphatic carbocycles. The summed E-state index contributed by atoms with van der Waals surface area (Å²) in [5.74, 6) is -0.210. The van der Waals surface area contributed by atoms with E-state index < -0.39 is 16.6 Å². The number of hydrogen-bond acceptors (Lipinski definition) is 4. The molecular weight excluding hydrogens is 348 g/mol. The van der Waals surface area contributed by atoms with Crippen LogP contribution in [0.1, 0.15) is 26.3 Å². The minimum absolute atomic E-state index is 0.210. The Morgan fingerprint density at radius 2 is 1.69 bits per heavy atom. The highest BCUT2D eigenvalue weighted by molar-refractivity contribution is 8.01. The van der Waals surface area contributed by atoms with Crippen LogP contribution in [0.3, 0.4) is 0 Å². The number of amides is 2. The van der Waals surface area contributed by atoms with Crippen molar-refractivity contribution >= 4 is 29.4 Å². The fourth-order valence-electron chi connectivity index (χ4n) is 2.88. The van der Waals surface area contributed by atoms with Crippen molar-refractivity contribution in [3.63, 3.8) is 0 Å². The lowest BCUT2D eigenvalue weighted by Gasteiger charge is -2.30. The first-order chi connectivity index (χ1) is 12.2. The van der Waals surface area contributed by atoms with Gasteiger partial charge in [-0.1, -0.05) is 48.2 Å². The number of likely N-dealkylation sites (N-methyl/N-ethyl adjacent to an activating group) is 1. The van der Waals surface area contributed by atoms with Crippen molar-refractivity contribution in [2.75, 3.05) is 11.9 Å². The summed E-state index contributed by atoms with van der Waals surface area (Å²) < 4.78 is 5.43. The molecule has 0 saturated carbocycles. The zero-order valence-electron chi connectivity index (χ0n) is 15.3. The molecule has 2 aromatic rings. The van der Waals surface area contributed by atoms with Gasteiger partial charge in [0.2, 0.25) is 4.87 Å². The van der Waals surface area contributed by atoms with Crippen LogP contribution in [0.15, 0.2) is 59.5 Å². The molecule has 3 rings (SSSR count). The van der Waals surface area contributed by atoms with E-state index in [0.29, 0.717) is 0 Å². The summed E-state index contributed by atoms with van der Waals surface area (Å²) in [7, 11) is 1.71. The summed E-state index contributed by atoms with van der Waals surface area (Å²) >= 11 is 1.30. The Morgan fingerprint density at radius 1 is 1.08 bits per heavy atom. The number of hydrogen-bond donors (Lipinski definition) is 1. The number of ether oxygens (including phenoxy) is 1. The van der Waals surface area contributed by atoms with E-state index in [2.05, 4.69) is 5.32 Å². The molecule has 6 heteroatoms. The maximum Gasteiger partial charge on any atom is 0.409 e. The number of carbonyl (C=O) groups excluding carboxylic acids is 2. The van der Waals surface area contributed by atoms with Crippen LogP contribution in [0.5, 0.6) is 0 Å². The van der Waals surface area contributed by atoms with Gasteiger partial charge in [-0.05, 0) is 39.0 Å². The second-order valence-corrected chi connectivity index (χ2v) is 8.39. The van der Waals surface area contributed by atoms with Gasteiger partial charge < -0.3 is 9.64 Å². The molecule has 1 unspecified atom stereocenters. The van der Waals surface area contributed by atoms with Crippen LogP contribution in [-0.2, 0) is 14.4 Å². The van der Waals surface area contributed by atoms with Crippen LogP contribution in [0.2, 0.25) is 0 Å². The SMILES string of the molecule is CN1C(=O)C(NC(=O)OC(C)(C)C)(Sc2ccccc2)c2ccccc21. The van der Waals surface area contributed by atoms with E-state index in [-0.39, 0.29) is 5.91 Å². The van der Waals surface area contributed by atoms with Crippen LogP contribution in [-0.4, -0.2) is 24.6 Å². The number of thioether (sulfide) groups is 1. The topological polar surface area (TPSA) is 58.6 Å². The van der Waals surface area contributed by atoms with E-state index in [1.165, 1.54) is 11.8 Å². The van der Waals surface area contributed by atoms with E-state index in [9.17, 15) is 9.59 Å². The highest BCUT2D eigenvalue weighted by Gasteiger charge is 2.52. The number of benzene rings is 2. The Bertz CT molecular complexity index is 832. The first-order valence-electron chi connectivity index (χ1n) is 8.36. The van der Waals surface area contributed by atoms with Gasteiger partial charge in [0, 0.05) is 17.5 Å². The predicted octanol–water partition coefficient (Wildman–Crippen LogP) is 4.13. The average molecular weight is 370 g/mol. The zero-order chi connectivity index (χ0) is 18.9. The normalized spacial score (nSPS) is 19.2. The van der Waals surface area contributed by atoms with Gasteiger partial charge in [0.25, 0.3) is 5.91 Å². The number of alkyl carbamates (subject to hydrolysis) is 1. The maximum atomic E-state index is 13.2. The molecule has 0 spiro atoms. The monoisotopic (exact) mass is 370 g/mol. The van der Waals surface area contributed by atoms with Crippen molar-refractivity contribution in [3.05, 3.63) is 60.2 Å². The summed E-state index contributed by atoms with van der Waals surface area (Å²) in [6.07, 6.45) is -0.626. The third kappa shape index (κ3) is 3.42. The molecule has 0 bridgehead atoms. The minimum atomic E-state index is -1.27. The summed E-state index contributed by atoms with van der Waals surface area (Å²) in [6.45, 7) is 5.38. The number of fused-ring (bicyclic) bond motifs is 1. The standard InChI is InChI=1S/C20H22N2O3S/c1-19(2,3)25-18(24)21-20(26-14-10-6-5-7-11-14)15-12-8-9-13-16(15)22(4)17(20)23/h5-13H,1-4H3,(H,21,24). The van der Waals surface area contributed by atoms with E-state index in [1.54, 1.807) is 32.7 Å². The molecule has 0 radical (unpaired) electrons. The van der Waals surface area contributed by atoms with Crippen molar-refractivity contribution < 1.29 is 14.3 Å². The third-order valence-electron chi connectivity index (χ3n) is 3.94. The van der Waals surface area contributed by atoms with E-state index in [1.807, 2.05) is 54.6 Å². The smallest absolute Gasteiger partial charge is 0.409 e. The minimum Gasteiger partial charge on any atom is -0.444 e. The number of para-hydroxylation sites is 1. The zero-order valence-corrected chi connectivity index (χ0v) is 16.1. The summed E-state index contributed by atoms with van der Waals surface area (Å²) in [5, 5.41) is 2.84. The largest absolute Gasteiger partial charge is 0.444 e. The van der Waals surface area contributed by atoms with Gasteiger partial charge >= 0.3 is 6.09 Å². The number of carbonyl (C=O) groups is 2. The van der Waals surface area contributed by atoms with Gasteiger partial charge in [-0.3, -0.25) is 10.1 Å². The molecule has 1 N–H and O–H groups in total. The Labute approximate surface area is 157 Å². The Kier molecular flexibility index (Phi) is 4.71. The summed E-state index contributed by atoms with van der Waals surface area (Å²) in [5.41, 5.74) is 0.861. The fraction of sp³-hybridized carbons (Fsp3) is 0.300. The average Bonchev–Trinajstić information content (AvgIpc) is 2.77. The molecule has 5 nitrogen and oxygen atoms in total. The Morgan fingerprint density at radius 3 is 2.35 bits per heavy atom. The lowest BCUT2D eigenvalue weighted by Crippen LogP contribution is -2.51. The molecule has 26 heavy (non-hydrogen) atoms. The van der Waals surface area contributed by atoms with E-state index >= 15 is 0 Å². The Hall–Kier alpha value is -2.47. The number of anilines is 1. The lowest BCUT2D eigenvalue weighted by atomic mass is 10.1. The van der Waals surface area contributed by atoms with Crippen LogP contribution in [0.25, 0.3) is 0 Å². The molecule has 2 amide bonds. The van der Waals surface area contributed by atoms with Crippen LogP contribution < -0.4 is 10.2 Å². The summed E-state index contributed by atoms with van der Waals surface area (Å²) in [4.78, 5) is 27.0. The van der Waals surface area contributed by atoms with E-state index in [4.69, 9.17) is 4.74 Å². The van der Waals surface area contributed by atoms with Gasteiger partial charge in [-0.2, -0.15) is 0 Å². The maximum absolute atomic E-state index is 13.2. The van der Waals surface area contributed by atoms with Crippen molar-refractivity contribution in [2.45, 2.75) is 36.1 Å². The van der Waals surface area contributed by atoms with Crippen LogP contribution in [0, 0.1) is 0 Å². The highest BCUT2D eigenvalue weighted by Crippen LogP contribution is 2.49. The van der Waals surface area contributed by atoms with Crippen molar-refractivity contribution in [1.82, 2.24) is 5.32 Å². The number of nitrogens with zero attached hydrogens (tertiary/aromatic N) is 1. The fourth-order valence-corrected chi connectivity index (χ4v) is 4.17. The van der Waals surface area contributed by atoms with Crippen LogP contribution >= 0.6 is 11.8 Å². The molecule has 0 aromatic heterocycles. The van der Waals surface area contributed by atoms with Crippen molar-refractivity contribution in [2.24, 2.45) is 0 Å². The van der Waals surface area contributed by atoms with Gasteiger partial charge in [0.1, 0.15) is 5.60 Å². The van der Waals surface area contributed by atoms with Gasteiger partial charge in [0.05, 0.1) is 5.69 Å². The molecule has 136 valence electrons. The van der Waals surface area contributed by atoms with Crippen molar-refractivity contribution in [1.29, 1.82) is 0 Å². The quantitative estimate of drug-likeness (QED) is 0.825. The first kappa shape index (κ1) is 18.3. The number of rotatable bonds is 3. The second-order valence-electron chi connectivity index (χ2n) is 7.10. The van der Waals surface area contributed by atoms with Gasteiger partial charge in [-0.25, -0.2) is 4.79 Å². The molecule has 2 aromatic carbocycles. The molecular formula is C20H22N2O3S. The predicted molar refractivity (Wildman–Crippen MR) is 103 cm³/mol. The highest BCUT2D eigenvalue weighted by atomic mass is 32.2. The number of nitrogens with one attached hydrogen (secondary N) is 1. The van der Waals surface area contributed by atoms with E-state index in [0.717, 1.165) is 16.1 Å². The van der Waals surface area contributed by atoms with Crippen molar-refractivity contribution in [3.8, 4) is 0 Å². The molecule has 1 aliphatic heterocycles. The van der Waals surface area contributed by atoms with Crippen LogP contribution in [0.4, 0.5) is 10.5 Å². The molecule has 1 heterocycles. The third-order valence-corrected chi connectivity index (χ3v) is 5.25. The second kappa shape index (κ2) is 6.68.